The number of amides is 1. The molecule has 3 aromatic carbocycles. The van der Waals surface area contributed by atoms with Gasteiger partial charge in [-0.15, -0.1) is 0 Å². The summed E-state index contributed by atoms with van der Waals surface area (Å²) in [5.41, 5.74) is 3.22. The number of nitrogens with one attached hydrogen (secondary N) is 1. The quantitative estimate of drug-likeness (QED) is 0.652. The third kappa shape index (κ3) is 4.94. The van der Waals surface area contributed by atoms with Crippen LogP contribution >= 0.6 is 11.6 Å². The first-order valence-corrected chi connectivity index (χ1v) is 8.74. The predicted molar refractivity (Wildman–Crippen MR) is 103 cm³/mol. The smallest absolute Gasteiger partial charge is 0.221 e. The maximum Gasteiger partial charge on any atom is 0.221 e. The normalized spacial score (nSPS) is 10.6. The fourth-order valence-electron chi connectivity index (χ4n) is 2.83. The van der Waals surface area contributed by atoms with Crippen molar-refractivity contribution >= 4 is 17.5 Å². The van der Waals surface area contributed by atoms with E-state index in [0.29, 0.717) is 17.9 Å². The highest BCUT2D eigenvalue weighted by molar-refractivity contribution is 6.30. The van der Waals surface area contributed by atoms with Crippen LogP contribution in [0.4, 0.5) is 0 Å². The van der Waals surface area contributed by atoms with Gasteiger partial charge < -0.3 is 5.32 Å². The lowest BCUT2D eigenvalue weighted by molar-refractivity contribution is -0.121. The van der Waals surface area contributed by atoms with Crippen LogP contribution in [0.25, 0.3) is 0 Å². The van der Waals surface area contributed by atoms with Crippen LogP contribution < -0.4 is 5.32 Å². The molecule has 0 unspecified atom stereocenters. The molecule has 0 aliphatic rings. The van der Waals surface area contributed by atoms with Crippen LogP contribution in [0.5, 0.6) is 0 Å². The topological polar surface area (TPSA) is 29.1 Å². The second kappa shape index (κ2) is 8.50. The van der Waals surface area contributed by atoms with Crippen molar-refractivity contribution in [3.8, 4) is 0 Å². The fourth-order valence-corrected chi connectivity index (χ4v) is 3.05. The predicted octanol–water partition coefficient (Wildman–Crippen LogP) is 5.18. The molecule has 0 saturated carbocycles. The van der Waals surface area contributed by atoms with Crippen LogP contribution in [0.15, 0.2) is 84.9 Å². The first-order chi connectivity index (χ1) is 12.2. The van der Waals surface area contributed by atoms with Gasteiger partial charge in [0.2, 0.25) is 5.91 Å². The zero-order chi connectivity index (χ0) is 17.5. The van der Waals surface area contributed by atoms with Crippen molar-refractivity contribution in [1.29, 1.82) is 0 Å². The van der Waals surface area contributed by atoms with Crippen molar-refractivity contribution in [2.75, 3.05) is 0 Å². The fraction of sp³-hybridized carbons (Fsp3) is 0.136. The molecule has 1 N–H and O–H groups in total. The Kier molecular flexibility index (Phi) is 5.86. The molecule has 0 heterocycles. The average molecular weight is 350 g/mol. The molecule has 0 atom stereocenters. The van der Waals surface area contributed by atoms with Crippen molar-refractivity contribution in [2.24, 2.45) is 0 Å². The summed E-state index contributed by atoms with van der Waals surface area (Å²) in [6.45, 7) is 0. The van der Waals surface area contributed by atoms with Gasteiger partial charge in [0.25, 0.3) is 0 Å². The van der Waals surface area contributed by atoms with E-state index in [2.05, 4.69) is 5.32 Å². The molecule has 0 bridgehead atoms. The SMILES string of the molecule is O=C(CCc1cccc(Cl)c1)NC(c1ccccc1)c1ccccc1. The molecule has 3 rings (SSSR count). The summed E-state index contributed by atoms with van der Waals surface area (Å²) in [4.78, 5) is 12.5. The first-order valence-electron chi connectivity index (χ1n) is 8.36. The number of rotatable bonds is 6. The molecule has 3 aromatic rings. The minimum Gasteiger partial charge on any atom is -0.345 e. The molecule has 0 fully saturated rings. The Hall–Kier alpha value is -2.58. The largest absolute Gasteiger partial charge is 0.345 e. The van der Waals surface area contributed by atoms with Crippen molar-refractivity contribution in [3.05, 3.63) is 107 Å². The number of benzene rings is 3. The van der Waals surface area contributed by atoms with E-state index in [1.54, 1.807) is 0 Å². The molecule has 3 heteroatoms. The first kappa shape index (κ1) is 17.2. The molecule has 1 amide bonds. The van der Waals surface area contributed by atoms with Gasteiger partial charge in [0.1, 0.15) is 0 Å². The highest BCUT2D eigenvalue weighted by Gasteiger charge is 2.16. The van der Waals surface area contributed by atoms with Gasteiger partial charge in [0.15, 0.2) is 0 Å². The van der Waals surface area contributed by atoms with Crippen LogP contribution in [0, 0.1) is 0 Å². The van der Waals surface area contributed by atoms with Crippen LogP contribution in [0.3, 0.4) is 0 Å². The van der Waals surface area contributed by atoms with Crippen molar-refractivity contribution in [3.63, 3.8) is 0 Å². The molecular weight excluding hydrogens is 330 g/mol. The van der Waals surface area contributed by atoms with Gasteiger partial charge in [-0.25, -0.2) is 0 Å². The lowest BCUT2D eigenvalue weighted by atomic mass is 9.98. The Morgan fingerprint density at radius 3 is 2.00 bits per heavy atom. The van der Waals surface area contributed by atoms with Crippen molar-refractivity contribution in [1.82, 2.24) is 5.32 Å². The van der Waals surface area contributed by atoms with Gasteiger partial charge in [0, 0.05) is 11.4 Å². The number of aryl methyl sites for hydroxylation is 1. The Balaban J connectivity index is 1.71. The molecule has 0 aromatic heterocycles. The zero-order valence-corrected chi connectivity index (χ0v) is 14.6. The van der Waals surface area contributed by atoms with E-state index in [1.807, 2.05) is 84.9 Å². The summed E-state index contributed by atoms with van der Waals surface area (Å²) >= 11 is 6.00. The number of halogens is 1. The van der Waals surface area contributed by atoms with Crippen LogP contribution in [-0.4, -0.2) is 5.91 Å². The Labute approximate surface area is 153 Å². The van der Waals surface area contributed by atoms with Crippen LogP contribution in [0.1, 0.15) is 29.2 Å². The summed E-state index contributed by atoms with van der Waals surface area (Å²) in [5, 5.41) is 3.86. The minimum absolute atomic E-state index is 0.0256. The lowest BCUT2D eigenvalue weighted by Crippen LogP contribution is -2.29. The molecule has 0 aliphatic heterocycles. The number of hydrogen-bond donors (Lipinski definition) is 1. The van der Waals surface area contributed by atoms with E-state index >= 15 is 0 Å². The highest BCUT2D eigenvalue weighted by Crippen LogP contribution is 2.22. The van der Waals surface area contributed by atoms with Gasteiger partial charge in [0.05, 0.1) is 6.04 Å². The highest BCUT2D eigenvalue weighted by atomic mass is 35.5. The Morgan fingerprint density at radius 1 is 0.840 bits per heavy atom. The Bertz CT molecular complexity index is 778. The van der Waals surface area contributed by atoms with Crippen LogP contribution in [-0.2, 0) is 11.2 Å². The average Bonchev–Trinajstić information content (AvgIpc) is 2.66. The van der Waals surface area contributed by atoms with Crippen LogP contribution in [0.2, 0.25) is 5.02 Å². The minimum atomic E-state index is -0.144. The zero-order valence-electron chi connectivity index (χ0n) is 13.9. The molecule has 126 valence electrons. The van der Waals surface area contributed by atoms with E-state index in [0.717, 1.165) is 16.7 Å². The Morgan fingerprint density at radius 2 is 1.44 bits per heavy atom. The van der Waals surface area contributed by atoms with Crippen molar-refractivity contribution < 1.29 is 4.79 Å². The number of hydrogen-bond acceptors (Lipinski definition) is 1. The van der Waals surface area contributed by atoms with E-state index in [4.69, 9.17) is 11.6 Å². The molecule has 0 spiro atoms. The van der Waals surface area contributed by atoms with Crippen molar-refractivity contribution in [2.45, 2.75) is 18.9 Å². The number of carbonyl (C=O) groups excluding carboxylic acids is 1. The standard InChI is InChI=1S/C22H20ClNO/c23-20-13-7-8-17(16-20)14-15-21(25)24-22(18-9-3-1-4-10-18)19-11-5-2-6-12-19/h1-13,16,22H,14-15H2,(H,24,25). The second-order valence-electron chi connectivity index (χ2n) is 5.95. The summed E-state index contributed by atoms with van der Waals surface area (Å²) in [6, 6.07) is 27.6. The van der Waals surface area contributed by atoms with Gasteiger partial charge >= 0.3 is 0 Å². The van der Waals surface area contributed by atoms with Gasteiger partial charge in [-0.3, -0.25) is 4.79 Å². The second-order valence-corrected chi connectivity index (χ2v) is 6.39. The number of carbonyl (C=O) groups is 1. The lowest BCUT2D eigenvalue weighted by Gasteiger charge is -2.20. The monoisotopic (exact) mass is 349 g/mol. The summed E-state index contributed by atoms with van der Waals surface area (Å²) in [6.07, 6.45) is 1.10. The molecule has 0 saturated heterocycles. The van der Waals surface area contributed by atoms with Gasteiger partial charge in [-0.1, -0.05) is 84.4 Å². The van der Waals surface area contributed by atoms with E-state index < -0.39 is 0 Å². The van der Waals surface area contributed by atoms with E-state index in [1.165, 1.54) is 0 Å². The molecule has 0 aliphatic carbocycles. The molecular formula is C22H20ClNO. The summed E-state index contributed by atoms with van der Waals surface area (Å²) < 4.78 is 0. The maximum absolute atomic E-state index is 12.5. The molecule has 25 heavy (non-hydrogen) atoms. The molecule has 0 radical (unpaired) electrons. The van der Waals surface area contributed by atoms with Gasteiger partial charge in [-0.05, 0) is 35.2 Å². The van der Waals surface area contributed by atoms with E-state index in [9.17, 15) is 4.79 Å². The molecule has 2 nitrogen and oxygen atoms in total. The summed E-state index contributed by atoms with van der Waals surface area (Å²) in [5.74, 6) is 0.0256. The summed E-state index contributed by atoms with van der Waals surface area (Å²) in [7, 11) is 0. The maximum atomic E-state index is 12.5. The third-order valence-corrected chi connectivity index (χ3v) is 4.34. The van der Waals surface area contributed by atoms with E-state index in [-0.39, 0.29) is 11.9 Å². The van der Waals surface area contributed by atoms with Gasteiger partial charge in [-0.2, -0.15) is 0 Å². The third-order valence-electron chi connectivity index (χ3n) is 4.10.